The van der Waals surface area contributed by atoms with Gasteiger partial charge in [-0.15, -0.1) is 0 Å². The molecule has 2 aliphatic rings. The van der Waals surface area contributed by atoms with Crippen LogP contribution in [0.4, 0.5) is 5.69 Å². The average Bonchev–Trinajstić information content (AvgIpc) is 3.41. The molecule has 0 bridgehead atoms. The van der Waals surface area contributed by atoms with Crippen LogP contribution in [0.15, 0.2) is 28.7 Å². The predicted octanol–water partition coefficient (Wildman–Crippen LogP) is 3.73. The monoisotopic (exact) mass is 414 g/mol. The highest BCUT2D eigenvalue weighted by atomic mass is 16.5. The molecule has 7 nitrogen and oxygen atoms in total. The Bertz CT molecular complexity index is 900. The summed E-state index contributed by atoms with van der Waals surface area (Å²) >= 11 is 0. The number of hydrogen-bond acceptors (Lipinski definition) is 6. The molecule has 2 N–H and O–H groups in total. The van der Waals surface area contributed by atoms with Gasteiger partial charge in [-0.25, -0.2) is 4.79 Å². The van der Waals surface area contributed by atoms with Crippen LogP contribution in [0.2, 0.25) is 0 Å². The van der Waals surface area contributed by atoms with E-state index in [4.69, 9.17) is 13.9 Å². The van der Waals surface area contributed by atoms with Crippen molar-refractivity contribution >= 4 is 28.5 Å². The Morgan fingerprint density at radius 2 is 1.97 bits per heavy atom. The summed E-state index contributed by atoms with van der Waals surface area (Å²) < 4.78 is 16.0. The number of fused-ring (bicyclic) bond motifs is 1. The molecule has 4 rings (SSSR count). The molecule has 0 spiro atoms. The molecule has 0 unspecified atom stereocenters. The number of anilines is 1. The van der Waals surface area contributed by atoms with Crippen molar-refractivity contribution in [3.05, 3.63) is 30.0 Å². The number of carbonyl (C=O) groups is 2. The number of ether oxygens (including phenoxy) is 2. The Balaban J connectivity index is 1.42. The van der Waals surface area contributed by atoms with E-state index in [2.05, 4.69) is 10.6 Å². The number of carbonyl (C=O) groups excluding carboxylic acids is 2. The topological polar surface area (TPSA) is 89.8 Å². The van der Waals surface area contributed by atoms with Crippen molar-refractivity contribution < 1.29 is 23.5 Å². The molecule has 1 amide bonds. The van der Waals surface area contributed by atoms with Gasteiger partial charge in [0.05, 0.1) is 18.8 Å². The second kappa shape index (κ2) is 9.18. The van der Waals surface area contributed by atoms with Gasteiger partial charge in [-0.05, 0) is 81.7 Å². The third-order valence-corrected chi connectivity index (χ3v) is 6.47. The van der Waals surface area contributed by atoms with E-state index in [1.165, 1.54) is 0 Å². The Hall–Kier alpha value is -2.38. The van der Waals surface area contributed by atoms with Crippen LogP contribution >= 0.6 is 0 Å². The first-order valence-corrected chi connectivity index (χ1v) is 10.9. The fraction of sp³-hybridized carbons (Fsp3) is 0.565. The Labute approximate surface area is 176 Å². The van der Waals surface area contributed by atoms with E-state index in [-0.39, 0.29) is 17.7 Å². The number of nitrogens with one attached hydrogen (secondary N) is 2. The molecule has 162 valence electrons. The van der Waals surface area contributed by atoms with Gasteiger partial charge < -0.3 is 24.5 Å². The molecule has 1 saturated heterocycles. The van der Waals surface area contributed by atoms with E-state index in [0.717, 1.165) is 44.0 Å². The van der Waals surface area contributed by atoms with Crippen molar-refractivity contribution in [3.8, 4) is 0 Å². The molecule has 1 saturated carbocycles. The summed E-state index contributed by atoms with van der Waals surface area (Å²) in [6, 6.07) is 6.86. The van der Waals surface area contributed by atoms with Gasteiger partial charge in [0.25, 0.3) is 0 Å². The number of benzene rings is 1. The van der Waals surface area contributed by atoms with Crippen molar-refractivity contribution in [1.82, 2.24) is 5.32 Å². The molecule has 2 atom stereocenters. The van der Waals surface area contributed by atoms with Crippen LogP contribution in [0.5, 0.6) is 0 Å². The summed E-state index contributed by atoms with van der Waals surface area (Å²) in [5.74, 6) is 0.598. The number of hydrogen-bond donors (Lipinski definition) is 2. The maximum absolute atomic E-state index is 13.0. The predicted molar refractivity (Wildman–Crippen MR) is 113 cm³/mol. The molecule has 30 heavy (non-hydrogen) atoms. The summed E-state index contributed by atoms with van der Waals surface area (Å²) in [5.41, 5.74) is 1.28. The van der Waals surface area contributed by atoms with Crippen LogP contribution in [-0.4, -0.2) is 44.3 Å². The second-order valence-electron chi connectivity index (χ2n) is 8.23. The lowest BCUT2D eigenvalue weighted by Crippen LogP contribution is -2.43. The zero-order valence-electron chi connectivity index (χ0n) is 17.6. The van der Waals surface area contributed by atoms with Crippen LogP contribution in [0.25, 0.3) is 11.0 Å². The molecular weight excluding hydrogens is 384 g/mol. The van der Waals surface area contributed by atoms with Crippen LogP contribution in [-0.2, 0) is 14.3 Å². The van der Waals surface area contributed by atoms with Crippen molar-refractivity contribution in [2.45, 2.75) is 51.2 Å². The Kier molecular flexibility index (Phi) is 6.39. The molecule has 7 heteroatoms. The van der Waals surface area contributed by atoms with Gasteiger partial charge in [0.15, 0.2) is 0 Å². The van der Waals surface area contributed by atoms with Crippen molar-refractivity contribution in [1.29, 1.82) is 0 Å². The van der Waals surface area contributed by atoms with Crippen molar-refractivity contribution in [2.24, 2.45) is 11.8 Å². The SMILES string of the molecule is CCOC(=O)c1cc2cc(NC(=O)[C@@H]3NCC[C@H]3C3CCC(OC)CC3)ccc2o1. The standard InChI is InChI=1S/C23H30N2O5/c1-3-29-23(27)20-13-15-12-16(6-9-19(15)30-20)25-22(26)21-18(10-11-24-21)14-4-7-17(28-2)8-5-14/h6,9,12-14,17-18,21,24H,3-5,7-8,10-11H2,1-2H3,(H,25,26)/t14?,17?,18-,21+/m0/s1. The van der Waals surface area contributed by atoms with Crippen LogP contribution in [0, 0.1) is 11.8 Å². The van der Waals surface area contributed by atoms with E-state index in [9.17, 15) is 9.59 Å². The minimum atomic E-state index is -0.486. The summed E-state index contributed by atoms with van der Waals surface area (Å²) in [7, 11) is 1.78. The molecule has 1 aromatic carbocycles. The lowest BCUT2D eigenvalue weighted by Gasteiger charge is -2.33. The normalized spacial score (nSPS) is 26.6. The fourth-order valence-corrected chi connectivity index (χ4v) is 4.91. The summed E-state index contributed by atoms with van der Waals surface area (Å²) in [6.07, 6.45) is 5.78. The maximum atomic E-state index is 13.0. The van der Waals surface area contributed by atoms with E-state index >= 15 is 0 Å². The Morgan fingerprint density at radius 1 is 1.17 bits per heavy atom. The molecule has 1 aromatic heterocycles. The third-order valence-electron chi connectivity index (χ3n) is 6.47. The second-order valence-corrected chi connectivity index (χ2v) is 8.23. The number of methoxy groups -OCH3 is 1. The molecule has 2 heterocycles. The number of rotatable bonds is 6. The van der Waals surface area contributed by atoms with Gasteiger partial charge in [-0.1, -0.05) is 0 Å². The molecule has 1 aliphatic heterocycles. The molecular formula is C23H30N2O5. The highest BCUT2D eigenvalue weighted by molar-refractivity contribution is 5.98. The van der Waals surface area contributed by atoms with E-state index in [0.29, 0.717) is 35.8 Å². The number of amides is 1. The zero-order valence-corrected chi connectivity index (χ0v) is 17.6. The minimum Gasteiger partial charge on any atom is -0.460 e. The van der Waals surface area contributed by atoms with Crippen LogP contribution < -0.4 is 10.6 Å². The molecule has 2 fully saturated rings. The van der Waals surface area contributed by atoms with Gasteiger partial charge in [0.2, 0.25) is 11.7 Å². The Morgan fingerprint density at radius 3 is 2.70 bits per heavy atom. The highest BCUT2D eigenvalue weighted by Crippen LogP contribution is 2.37. The quantitative estimate of drug-likeness (QED) is 0.700. The first-order chi connectivity index (χ1) is 14.6. The maximum Gasteiger partial charge on any atom is 0.374 e. The van der Waals surface area contributed by atoms with E-state index in [1.54, 1.807) is 32.2 Å². The third kappa shape index (κ3) is 4.37. The van der Waals surface area contributed by atoms with Crippen LogP contribution in [0.3, 0.4) is 0 Å². The summed E-state index contributed by atoms with van der Waals surface area (Å²) in [4.78, 5) is 24.9. The zero-order chi connectivity index (χ0) is 21.1. The van der Waals surface area contributed by atoms with Gasteiger partial charge in [0, 0.05) is 18.2 Å². The summed E-state index contributed by atoms with van der Waals surface area (Å²) in [6.45, 7) is 2.91. The minimum absolute atomic E-state index is 0.000161. The highest BCUT2D eigenvalue weighted by Gasteiger charge is 2.39. The van der Waals surface area contributed by atoms with Gasteiger partial charge >= 0.3 is 5.97 Å². The fourth-order valence-electron chi connectivity index (χ4n) is 4.91. The number of esters is 1. The first kappa shape index (κ1) is 20.9. The van der Waals surface area contributed by atoms with Gasteiger partial charge in [-0.3, -0.25) is 4.79 Å². The smallest absolute Gasteiger partial charge is 0.374 e. The first-order valence-electron chi connectivity index (χ1n) is 10.9. The molecule has 2 aromatic rings. The lowest BCUT2D eigenvalue weighted by atomic mass is 9.75. The van der Waals surface area contributed by atoms with Crippen molar-refractivity contribution in [2.75, 3.05) is 25.6 Å². The van der Waals surface area contributed by atoms with E-state index < -0.39 is 5.97 Å². The lowest BCUT2D eigenvalue weighted by molar-refractivity contribution is -0.119. The number of furan rings is 1. The summed E-state index contributed by atoms with van der Waals surface area (Å²) in [5, 5.41) is 7.20. The van der Waals surface area contributed by atoms with Crippen molar-refractivity contribution in [3.63, 3.8) is 0 Å². The molecule has 0 radical (unpaired) electrons. The van der Waals surface area contributed by atoms with Gasteiger partial charge in [0.1, 0.15) is 5.58 Å². The average molecular weight is 415 g/mol. The van der Waals surface area contributed by atoms with Gasteiger partial charge in [-0.2, -0.15) is 0 Å². The molecule has 1 aliphatic carbocycles. The largest absolute Gasteiger partial charge is 0.460 e. The van der Waals surface area contributed by atoms with E-state index in [1.807, 2.05) is 6.07 Å². The van der Waals surface area contributed by atoms with Crippen LogP contribution in [0.1, 0.15) is 49.6 Å².